The first-order valence-electron chi connectivity index (χ1n) is 4.69. The Labute approximate surface area is 130 Å². The molecule has 9 nitrogen and oxygen atoms in total. The third-order valence-electron chi connectivity index (χ3n) is 1.71. The molecule has 0 saturated carbocycles. The van der Waals surface area contributed by atoms with Crippen LogP contribution in [0.5, 0.6) is 0 Å². The normalized spacial score (nSPS) is 15.7. The maximum absolute atomic E-state index is 9.90. The van der Waals surface area contributed by atoms with Crippen molar-refractivity contribution < 1.29 is 74.6 Å². The van der Waals surface area contributed by atoms with Crippen LogP contribution in [0.3, 0.4) is 0 Å². The molecular formula is C9H15NaO9. The number of aliphatic carboxylic acids is 1. The molecule has 0 amide bonds. The standard InChI is InChI=1S/C6H12O6.C3H4O3.Na/c7-1-3(9)5(11)6(12)4(10)2-8;1-2(4)3(5)6;/h1,3-6,8-12H,2H2;1H3,(H,5,6);/q;;+1/p-1. The van der Waals surface area contributed by atoms with Gasteiger partial charge in [-0.05, 0) is 0 Å². The van der Waals surface area contributed by atoms with Crippen LogP contribution in [0.4, 0.5) is 0 Å². The summed E-state index contributed by atoms with van der Waals surface area (Å²) in [6.45, 7) is 0.180. The molecule has 0 bridgehead atoms. The Morgan fingerprint density at radius 1 is 1.16 bits per heavy atom. The van der Waals surface area contributed by atoms with Crippen LogP contribution in [0.25, 0.3) is 0 Å². The molecule has 0 aliphatic heterocycles. The van der Waals surface area contributed by atoms with Crippen LogP contribution < -0.4 is 34.7 Å². The van der Waals surface area contributed by atoms with Crippen molar-refractivity contribution in [2.45, 2.75) is 31.3 Å². The molecule has 0 saturated heterocycles. The predicted octanol–water partition coefficient (Wildman–Crippen LogP) is -8.05. The van der Waals surface area contributed by atoms with E-state index in [0.29, 0.717) is 0 Å². The van der Waals surface area contributed by atoms with Crippen LogP contribution in [0.1, 0.15) is 6.92 Å². The number of aliphatic hydroxyl groups is 5. The predicted molar refractivity (Wildman–Crippen MR) is 52.9 cm³/mol. The summed E-state index contributed by atoms with van der Waals surface area (Å²) in [4.78, 5) is 28.6. The SMILES string of the molecule is CC(=O)C(=O)[O-].O=CC(O)C(O)C(O)C(O)CO.[Na+]. The van der Waals surface area contributed by atoms with Gasteiger partial charge in [0, 0.05) is 6.92 Å². The van der Waals surface area contributed by atoms with Crippen molar-refractivity contribution in [1.82, 2.24) is 0 Å². The Hall–Kier alpha value is -0.390. The minimum Gasteiger partial charge on any atom is -0.542 e. The second-order valence-corrected chi connectivity index (χ2v) is 3.20. The Balaban J connectivity index is -0.000000313. The van der Waals surface area contributed by atoms with Gasteiger partial charge in [0.2, 0.25) is 0 Å². The third kappa shape index (κ3) is 11.2. The summed E-state index contributed by atoms with van der Waals surface area (Å²) in [7, 11) is 0. The van der Waals surface area contributed by atoms with E-state index in [4.69, 9.17) is 25.5 Å². The molecule has 0 fully saturated rings. The van der Waals surface area contributed by atoms with Gasteiger partial charge in [-0.3, -0.25) is 4.79 Å². The molecule has 0 heterocycles. The van der Waals surface area contributed by atoms with E-state index in [1.165, 1.54) is 0 Å². The summed E-state index contributed by atoms with van der Waals surface area (Å²) in [5, 5.41) is 52.8. The first kappa shape index (κ1) is 23.7. The fourth-order valence-electron chi connectivity index (χ4n) is 0.618. The second kappa shape index (κ2) is 12.6. The molecule has 0 aromatic rings. The number of carboxylic acids is 1. The number of aliphatic hydroxyl groups excluding tert-OH is 5. The zero-order valence-electron chi connectivity index (χ0n) is 10.5. The molecule has 4 unspecified atom stereocenters. The molecule has 0 rings (SSSR count). The third-order valence-corrected chi connectivity index (χ3v) is 1.71. The molecule has 0 spiro atoms. The minimum absolute atomic E-state index is 0. The number of carbonyl (C=O) groups is 3. The van der Waals surface area contributed by atoms with Crippen molar-refractivity contribution in [1.29, 1.82) is 0 Å². The molecule has 0 radical (unpaired) electrons. The van der Waals surface area contributed by atoms with Crippen molar-refractivity contribution in [2.24, 2.45) is 0 Å². The minimum atomic E-state index is -1.79. The molecule has 0 aromatic carbocycles. The van der Waals surface area contributed by atoms with Gasteiger partial charge in [0.05, 0.1) is 6.61 Å². The van der Waals surface area contributed by atoms with Gasteiger partial charge in [-0.25, -0.2) is 0 Å². The quantitative estimate of drug-likeness (QED) is 0.180. The summed E-state index contributed by atoms with van der Waals surface area (Å²) >= 11 is 0. The zero-order valence-corrected chi connectivity index (χ0v) is 12.5. The van der Waals surface area contributed by atoms with Gasteiger partial charge >= 0.3 is 29.6 Å². The summed E-state index contributed by atoms with van der Waals surface area (Å²) in [6, 6.07) is 0. The number of carbonyl (C=O) groups excluding carboxylic acids is 3. The van der Waals surface area contributed by atoms with Crippen molar-refractivity contribution in [3.05, 3.63) is 0 Å². The van der Waals surface area contributed by atoms with Gasteiger partial charge in [-0.2, -0.15) is 0 Å². The van der Waals surface area contributed by atoms with Crippen LogP contribution in [0.2, 0.25) is 0 Å². The fraction of sp³-hybridized carbons (Fsp3) is 0.667. The van der Waals surface area contributed by atoms with Crippen LogP contribution in [-0.2, 0) is 14.4 Å². The van der Waals surface area contributed by atoms with E-state index in [1.54, 1.807) is 0 Å². The Morgan fingerprint density at radius 3 is 1.74 bits per heavy atom. The summed E-state index contributed by atoms with van der Waals surface area (Å²) in [5.41, 5.74) is 0. The van der Waals surface area contributed by atoms with E-state index < -0.39 is 42.8 Å². The number of Topliss-reactive ketones (excluding diaryl/α,β-unsaturated/α-hetero) is 1. The van der Waals surface area contributed by atoms with E-state index in [0.717, 1.165) is 6.92 Å². The molecule has 0 aliphatic carbocycles. The van der Waals surface area contributed by atoms with Gasteiger partial charge < -0.3 is 40.2 Å². The average molecular weight is 290 g/mol. The van der Waals surface area contributed by atoms with Crippen molar-refractivity contribution >= 4 is 18.0 Å². The summed E-state index contributed by atoms with van der Waals surface area (Å²) in [5.74, 6) is -2.56. The molecule has 0 aromatic heterocycles. The van der Waals surface area contributed by atoms with E-state index in [2.05, 4.69) is 0 Å². The number of hydrogen-bond acceptors (Lipinski definition) is 9. The van der Waals surface area contributed by atoms with Crippen LogP contribution in [-0.4, -0.2) is 74.6 Å². The molecular weight excluding hydrogens is 275 g/mol. The first-order valence-corrected chi connectivity index (χ1v) is 4.69. The average Bonchev–Trinajstić information content (AvgIpc) is 2.35. The summed E-state index contributed by atoms with van der Waals surface area (Å²) in [6.07, 6.45) is -6.84. The van der Waals surface area contributed by atoms with E-state index in [1.807, 2.05) is 0 Å². The number of rotatable bonds is 6. The van der Waals surface area contributed by atoms with Crippen LogP contribution in [0, 0.1) is 0 Å². The number of hydrogen-bond donors (Lipinski definition) is 5. The Morgan fingerprint density at radius 2 is 1.53 bits per heavy atom. The van der Waals surface area contributed by atoms with Gasteiger partial charge in [-0.15, -0.1) is 0 Å². The molecule has 106 valence electrons. The van der Waals surface area contributed by atoms with Crippen molar-refractivity contribution in [2.75, 3.05) is 6.61 Å². The molecule has 5 N–H and O–H groups in total. The second-order valence-electron chi connectivity index (χ2n) is 3.20. The number of ketones is 1. The molecule has 10 heteroatoms. The first-order chi connectivity index (χ1) is 8.18. The van der Waals surface area contributed by atoms with Gasteiger partial charge in [-0.1, -0.05) is 0 Å². The maximum Gasteiger partial charge on any atom is 1.00 e. The van der Waals surface area contributed by atoms with E-state index in [-0.39, 0.29) is 35.8 Å². The fourth-order valence-corrected chi connectivity index (χ4v) is 0.618. The van der Waals surface area contributed by atoms with E-state index >= 15 is 0 Å². The zero-order chi connectivity index (χ0) is 14.9. The van der Waals surface area contributed by atoms with E-state index in [9.17, 15) is 19.5 Å². The van der Waals surface area contributed by atoms with Crippen molar-refractivity contribution in [3.63, 3.8) is 0 Å². The van der Waals surface area contributed by atoms with Crippen LogP contribution >= 0.6 is 0 Å². The van der Waals surface area contributed by atoms with Crippen molar-refractivity contribution in [3.8, 4) is 0 Å². The molecule has 0 aliphatic rings. The smallest absolute Gasteiger partial charge is 0.542 e. The number of aldehydes is 1. The largest absolute Gasteiger partial charge is 1.00 e. The van der Waals surface area contributed by atoms with Gasteiger partial charge in [0.15, 0.2) is 12.1 Å². The Kier molecular flexibility index (Phi) is 15.7. The van der Waals surface area contributed by atoms with Crippen LogP contribution in [0.15, 0.2) is 0 Å². The van der Waals surface area contributed by atoms with Gasteiger partial charge in [0.1, 0.15) is 30.4 Å². The maximum atomic E-state index is 9.90. The molecule has 4 atom stereocenters. The Bertz CT molecular complexity index is 271. The monoisotopic (exact) mass is 290 g/mol. The summed E-state index contributed by atoms with van der Waals surface area (Å²) < 4.78 is 0. The van der Waals surface area contributed by atoms with Gasteiger partial charge in [0.25, 0.3) is 0 Å². The number of carboxylic acid groups (broad SMARTS) is 1. The molecule has 19 heavy (non-hydrogen) atoms. The topological polar surface area (TPSA) is 175 Å².